The molecule has 2 amide bonds. The van der Waals surface area contributed by atoms with Crippen molar-refractivity contribution in [1.29, 1.82) is 0 Å². The highest BCUT2D eigenvalue weighted by atomic mass is 16.4. The quantitative estimate of drug-likeness (QED) is 0.177. The highest BCUT2D eigenvalue weighted by Crippen LogP contribution is 2.34. The smallest absolute Gasteiger partial charge is 0.340 e. The molecule has 0 saturated heterocycles. The molecule has 2 heterocycles. The summed E-state index contributed by atoms with van der Waals surface area (Å²) in [6.45, 7) is 3.96. The average molecular weight is 533 g/mol. The summed E-state index contributed by atoms with van der Waals surface area (Å²) < 4.78 is 11.3. The topological polar surface area (TPSA) is 139 Å². The summed E-state index contributed by atoms with van der Waals surface area (Å²) in [4.78, 5) is 48.8. The predicted molar refractivity (Wildman–Crippen MR) is 147 cm³/mol. The number of carbonyl (C=O) groups is 3. The van der Waals surface area contributed by atoms with Crippen molar-refractivity contribution in [2.45, 2.75) is 58.4 Å². The molecule has 0 spiro atoms. The van der Waals surface area contributed by atoms with Gasteiger partial charge >= 0.3 is 11.6 Å². The maximum atomic E-state index is 12.9. The fourth-order valence-electron chi connectivity index (χ4n) is 4.63. The zero-order chi connectivity index (χ0) is 27.9. The predicted octanol–water partition coefficient (Wildman–Crippen LogP) is 4.71. The molecule has 0 bridgehead atoms. The highest BCUT2D eigenvalue weighted by molar-refractivity contribution is 6.02. The molecule has 1 unspecified atom stereocenters. The van der Waals surface area contributed by atoms with Gasteiger partial charge in [-0.3, -0.25) is 14.4 Å². The first-order chi connectivity index (χ1) is 18.8. The van der Waals surface area contributed by atoms with Crippen LogP contribution >= 0.6 is 0 Å². The van der Waals surface area contributed by atoms with Gasteiger partial charge in [0.15, 0.2) is 0 Å². The third-order valence-electron chi connectivity index (χ3n) is 6.83. The Labute approximate surface area is 225 Å². The lowest BCUT2D eigenvalue weighted by atomic mass is 9.99. The zero-order valence-electron chi connectivity index (χ0n) is 22.0. The SMILES string of the molecule is CCC(NC(=O)Cc1c(C)c2cc3c(-c4ccccc4)coc3cc2oc1=O)C(=O)NCCCCCC(=O)O. The number of benzene rings is 2. The van der Waals surface area contributed by atoms with Gasteiger partial charge in [-0.25, -0.2) is 4.79 Å². The van der Waals surface area contributed by atoms with E-state index < -0.39 is 23.5 Å². The molecular weight excluding hydrogens is 500 g/mol. The van der Waals surface area contributed by atoms with Crippen LogP contribution in [-0.2, 0) is 20.8 Å². The molecule has 39 heavy (non-hydrogen) atoms. The van der Waals surface area contributed by atoms with Gasteiger partial charge in [-0.1, -0.05) is 43.7 Å². The second-order valence-electron chi connectivity index (χ2n) is 9.55. The van der Waals surface area contributed by atoms with Gasteiger partial charge in [0.2, 0.25) is 11.8 Å². The first-order valence-electron chi connectivity index (χ1n) is 13.1. The van der Waals surface area contributed by atoms with E-state index >= 15 is 0 Å². The van der Waals surface area contributed by atoms with Crippen LogP contribution in [-0.4, -0.2) is 35.5 Å². The van der Waals surface area contributed by atoms with E-state index in [-0.39, 0.29) is 24.3 Å². The van der Waals surface area contributed by atoms with Crippen molar-refractivity contribution >= 4 is 39.7 Å². The van der Waals surface area contributed by atoms with Crippen molar-refractivity contribution in [3.05, 3.63) is 70.3 Å². The molecule has 4 rings (SSSR count). The molecule has 2 aromatic heterocycles. The summed E-state index contributed by atoms with van der Waals surface area (Å²) >= 11 is 0. The molecule has 204 valence electrons. The summed E-state index contributed by atoms with van der Waals surface area (Å²) in [5, 5.41) is 15.8. The largest absolute Gasteiger partial charge is 0.481 e. The second kappa shape index (κ2) is 12.4. The fourth-order valence-corrected chi connectivity index (χ4v) is 4.63. The van der Waals surface area contributed by atoms with Crippen LogP contribution in [0.4, 0.5) is 0 Å². The molecule has 4 aromatic rings. The van der Waals surface area contributed by atoms with Crippen molar-refractivity contribution < 1.29 is 28.3 Å². The summed E-state index contributed by atoms with van der Waals surface area (Å²) in [6, 6.07) is 12.7. The van der Waals surface area contributed by atoms with Crippen LogP contribution in [0.25, 0.3) is 33.1 Å². The Kier molecular flexibility index (Phi) is 8.81. The van der Waals surface area contributed by atoms with Gasteiger partial charge in [-0.15, -0.1) is 0 Å². The average Bonchev–Trinajstić information content (AvgIpc) is 3.33. The first-order valence-corrected chi connectivity index (χ1v) is 13.1. The lowest BCUT2D eigenvalue weighted by molar-refractivity contribution is -0.137. The van der Waals surface area contributed by atoms with Crippen molar-refractivity contribution in [2.75, 3.05) is 6.54 Å². The van der Waals surface area contributed by atoms with Crippen molar-refractivity contribution in [1.82, 2.24) is 10.6 Å². The number of hydrogen-bond donors (Lipinski definition) is 3. The number of amides is 2. The number of carboxylic acids is 1. The van der Waals surface area contributed by atoms with Crippen LogP contribution in [0.1, 0.15) is 50.2 Å². The number of unbranched alkanes of at least 4 members (excludes halogenated alkanes) is 2. The zero-order valence-corrected chi connectivity index (χ0v) is 22.0. The third-order valence-corrected chi connectivity index (χ3v) is 6.83. The number of carboxylic acid groups (broad SMARTS) is 1. The molecular formula is C30H32N2O7. The summed E-state index contributed by atoms with van der Waals surface area (Å²) in [7, 11) is 0. The molecule has 0 aliphatic heterocycles. The van der Waals surface area contributed by atoms with E-state index in [1.54, 1.807) is 26.2 Å². The minimum absolute atomic E-state index is 0.102. The normalized spacial score (nSPS) is 11.9. The van der Waals surface area contributed by atoms with E-state index in [1.165, 1.54) is 0 Å². The Hall–Kier alpha value is -4.40. The Bertz CT molecular complexity index is 1550. The monoisotopic (exact) mass is 532 g/mol. The number of carbonyl (C=O) groups excluding carboxylic acids is 2. The fraction of sp³-hybridized carbons (Fsp3) is 0.333. The third kappa shape index (κ3) is 6.54. The van der Waals surface area contributed by atoms with Gasteiger partial charge in [-0.2, -0.15) is 0 Å². The number of furan rings is 1. The van der Waals surface area contributed by atoms with Gasteiger partial charge in [0.1, 0.15) is 17.2 Å². The Morgan fingerprint density at radius 2 is 1.77 bits per heavy atom. The van der Waals surface area contributed by atoms with Gasteiger partial charge in [0.25, 0.3) is 0 Å². The van der Waals surface area contributed by atoms with Gasteiger partial charge < -0.3 is 24.6 Å². The molecule has 9 nitrogen and oxygen atoms in total. The Balaban J connectivity index is 1.47. The van der Waals surface area contributed by atoms with Crippen LogP contribution in [0.5, 0.6) is 0 Å². The van der Waals surface area contributed by atoms with Crippen molar-refractivity contribution in [3.8, 4) is 11.1 Å². The van der Waals surface area contributed by atoms with Crippen LogP contribution in [0.2, 0.25) is 0 Å². The van der Waals surface area contributed by atoms with Crippen molar-refractivity contribution in [2.24, 2.45) is 0 Å². The van der Waals surface area contributed by atoms with Crippen molar-refractivity contribution in [3.63, 3.8) is 0 Å². The maximum absolute atomic E-state index is 12.9. The minimum atomic E-state index is -0.838. The van der Waals surface area contributed by atoms with Crippen LogP contribution in [0, 0.1) is 6.92 Å². The van der Waals surface area contributed by atoms with Crippen LogP contribution in [0.15, 0.2) is 62.4 Å². The number of hydrogen-bond acceptors (Lipinski definition) is 6. The molecule has 9 heteroatoms. The van der Waals surface area contributed by atoms with E-state index in [9.17, 15) is 19.2 Å². The van der Waals surface area contributed by atoms with E-state index in [1.807, 2.05) is 36.4 Å². The number of aliphatic carboxylic acids is 1. The number of nitrogens with one attached hydrogen (secondary N) is 2. The maximum Gasteiger partial charge on any atom is 0.340 e. The Morgan fingerprint density at radius 3 is 2.49 bits per heavy atom. The van der Waals surface area contributed by atoms with Gasteiger partial charge in [0, 0.05) is 35.4 Å². The molecule has 0 fully saturated rings. The van der Waals surface area contributed by atoms with E-state index in [0.717, 1.165) is 16.5 Å². The molecule has 0 aliphatic rings. The molecule has 0 radical (unpaired) electrons. The molecule has 0 aliphatic carbocycles. The molecule has 3 N–H and O–H groups in total. The lowest BCUT2D eigenvalue weighted by Gasteiger charge is -2.17. The molecule has 1 atom stereocenters. The van der Waals surface area contributed by atoms with Gasteiger partial charge in [0.05, 0.1) is 18.2 Å². The lowest BCUT2D eigenvalue weighted by Crippen LogP contribution is -2.47. The first kappa shape index (κ1) is 27.6. The van der Waals surface area contributed by atoms with Crippen LogP contribution in [0.3, 0.4) is 0 Å². The number of fused-ring (bicyclic) bond motifs is 2. The second-order valence-corrected chi connectivity index (χ2v) is 9.55. The van der Waals surface area contributed by atoms with E-state index in [0.29, 0.717) is 54.3 Å². The summed E-state index contributed by atoms with van der Waals surface area (Å²) in [6.07, 6.45) is 3.81. The van der Waals surface area contributed by atoms with E-state index in [4.69, 9.17) is 13.9 Å². The number of aryl methyl sites for hydroxylation is 1. The standard InChI is InChI=1S/C30H32N2O7/c1-3-24(29(36)31-13-9-5-8-12-28(34)35)32-27(33)15-21-18(2)20-14-22-23(19-10-6-4-7-11-19)17-38-25(22)16-26(20)39-30(21)37/h4,6-7,10-11,14,16-17,24H,3,5,8-9,12-13,15H2,1-2H3,(H,31,36)(H,32,33)(H,34,35). The van der Waals surface area contributed by atoms with Gasteiger partial charge in [-0.05, 0) is 43.4 Å². The van der Waals surface area contributed by atoms with E-state index in [2.05, 4.69) is 10.6 Å². The minimum Gasteiger partial charge on any atom is -0.481 e. The van der Waals surface area contributed by atoms with Crippen LogP contribution < -0.4 is 16.3 Å². The summed E-state index contributed by atoms with van der Waals surface area (Å²) in [5.74, 6) is -1.61. The highest BCUT2D eigenvalue weighted by Gasteiger charge is 2.22. The number of rotatable bonds is 12. The molecule has 0 saturated carbocycles. The summed E-state index contributed by atoms with van der Waals surface area (Å²) in [5.41, 5.74) is 3.13. The Morgan fingerprint density at radius 1 is 1.00 bits per heavy atom. The molecule has 2 aromatic carbocycles.